The van der Waals surface area contributed by atoms with Crippen LogP contribution in [0.3, 0.4) is 0 Å². The zero-order chi connectivity index (χ0) is 9.90. The summed E-state index contributed by atoms with van der Waals surface area (Å²) < 4.78 is 0. The van der Waals surface area contributed by atoms with Crippen molar-refractivity contribution in [2.75, 3.05) is 6.54 Å². The molecule has 0 aromatic rings. The van der Waals surface area contributed by atoms with Crippen LogP contribution in [0, 0.1) is 0 Å². The summed E-state index contributed by atoms with van der Waals surface area (Å²) in [5.41, 5.74) is -0.683. The van der Waals surface area contributed by atoms with Crippen molar-refractivity contribution < 1.29 is 10.2 Å². The summed E-state index contributed by atoms with van der Waals surface area (Å²) in [4.78, 5) is 0. The average Bonchev–Trinajstić information content (AvgIpc) is 2.01. The van der Waals surface area contributed by atoms with E-state index in [4.69, 9.17) is 0 Å². The molecule has 0 saturated heterocycles. The van der Waals surface area contributed by atoms with Crippen LogP contribution in [0.1, 0.15) is 39.5 Å². The summed E-state index contributed by atoms with van der Waals surface area (Å²) in [5.74, 6) is 0. The third-order valence-corrected chi connectivity index (χ3v) is 2.53. The van der Waals surface area contributed by atoms with Gasteiger partial charge in [0.25, 0.3) is 0 Å². The molecule has 0 heterocycles. The SMILES string of the molecule is CC(C)(O)CN[C@@H]1CCCC[C@H]1O. The first-order valence-electron chi connectivity index (χ1n) is 5.13. The van der Waals surface area contributed by atoms with Crippen molar-refractivity contribution in [1.29, 1.82) is 0 Å². The van der Waals surface area contributed by atoms with Gasteiger partial charge in [-0.15, -0.1) is 0 Å². The zero-order valence-corrected chi connectivity index (χ0v) is 8.58. The highest BCUT2D eigenvalue weighted by Gasteiger charge is 2.24. The molecule has 3 N–H and O–H groups in total. The molecular weight excluding hydrogens is 166 g/mol. The van der Waals surface area contributed by atoms with Crippen molar-refractivity contribution in [3.8, 4) is 0 Å². The molecule has 1 rings (SSSR count). The minimum absolute atomic E-state index is 0.181. The third-order valence-electron chi connectivity index (χ3n) is 2.53. The summed E-state index contributed by atoms with van der Waals surface area (Å²) in [5, 5.41) is 22.3. The van der Waals surface area contributed by atoms with Crippen molar-refractivity contribution >= 4 is 0 Å². The Hall–Kier alpha value is -0.120. The molecule has 1 aliphatic rings. The Bertz CT molecular complexity index is 153. The van der Waals surface area contributed by atoms with Gasteiger partial charge in [0.05, 0.1) is 11.7 Å². The summed E-state index contributed by atoms with van der Waals surface area (Å²) in [7, 11) is 0. The fraction of sp³-hybridized carbons (Fsp3) is 1.00. The number of nitrogens with one attached hydrogen (secondary N) is 1. The van der Waals surface area contributed by atoms with Crippen LogP contribution in [0.2, 0.25) is 0 Å². The number of hydrogen-bond donors (Lipinski definition) is 3. The minimum atomic E-state index is -0.683. The molecular formula is C10H21NO2. The Morgan fingerprint density at radius 1 is 1.31 bits per heavy atom. The molecule has 2 atom stereocenters. The highest BCUT2D eigenvalue weighted by Crippen LogP contribution is 2.18. The van der Waals surface area contributed by atoms with Gasteiger partial charge in [-0.1, -0.05) is 12.8 Å². The van der Waals surface area contributed by atoms with E-state index in [1.165, 1.54) is 6.42 Å². The standard InChI is InChI=1S/C10H21NO2/c1-10(2,13)7-11-8-5-3-4-6-9(8)12/h8-9,11-13H,3-7H2,1-2H3/t8-,9-/m1/s1. The first kappa shape index (κ1) is 11.0. The Morgan fingerprint density at radius 2 is 1.92 bits per heavy atom. The van der Waals surface area contributed by atoms with Gasteiger partial charge < -0.3 is 15.5 Å². The lowest BCUT2D eigenvalue weighted by atomic mass is 9.92. The Morgan fingerprint density at radius 3 is 2.46 bits per heavy atom. The lowest BCUT2D eigenvalue weighted by Gasteiger charge is -2.30. The zero-order valence-electron chi connectivity index (χ0n) is 8.58. The van der Waals surface area contributed by atoms with Crippen molar-refractivity contribution in [2.45, 2.75) is 57.3 Å². The second kappa shape index (κ2) is 4.40. The molecule has 0 bridgehead atoms. The van der Waals surface area contributed by atoms with E-state index >= 15 is 0 Å². The predicted octanol–water partition coefficient (Wildman–Crippen LogP) is 0.650. The Labute approximate surface area is 80.2 Å². The summed E-state index contributed by atoms with van der Waals surface area (Å²) in [6.45, 7) is 4.10. The molecule has 0 aromatic carbocycles. The van der Waals surface area contributed by atoms with Gasteiger partial charge >= 0.3 is 0 Å². The number of rotatable bonds is 3. The lowest BCUT2D eigenvalue weighted by molar-refractivity contribution is 0.0498. The summed E-state index contributed by atoms with van der Waals surface area (Å²) in [6.07, 6.45) is 4.00. The van der Waals surface area contributed by atoms with Crippen LogP contribution < -0.4 is 5.32 Å². The topological polar surface area (TPSA) is 52.5 Å². The van der Waals surface area contributed by atoms with Gasteiger partial charge in [0, 0.05) is 12.6 Å². The van der Waals surface area contributed by atoms with Crippen LogP contribution in [0.15, 0.2) is 0 Å². The predicted molar refractivity (Wildman–Crippen MR) is 52.6 cm³/mol. The van der Waals surface area contributed by atoms with Crippen LogP contribution in [0.25, 0.3) is 0 Å². The van der Waals surface area contributed by atoms with E-state index in [9.17, 15) is 10.2 Å². The van der Waals surface area contributed by atoms with Gasteiger partial charge in [-0.25, -0.2) is 0 Å². The van der Waals surface area contributed by atoms with Crippen molar-refractivity contribution in [1.82, 2.24) is 5.32 Å². The van der Waals surface area contributed by atoms with Crippen molar-refractivity contribution in [3.05, 3.63) is 0 Å². The van der Waals surface area contributed by atoms with Crippen LogP contribution in [0.4, 0.5) is 0 Å². The molecule has 78 valence electrons. The molecule has 0 radical (unpaired) electrons. The van der Waals surface area contributed by atoms with E-state index in [-0.39, 0.29) is 12.1 Å². The second-order valence-electron chi connectivity index (χ2n) is 4.65. The molecule has 3 nitrogen and oxygen atoms in total. The van der Waals surface area contributed by atoms with Gasteiger partial charge in [0.15, 0.2) is 0 Å². The maximum atomic E-state index is 9.62. The highest BCUT2D eigenvalue weighted by atomic mass is 16.3. The first-order valence-corrected chi connectivity index (χ1v) is 5.13. The molecule has 3 heteroatoms. The van der Waals surface area contributed by atoms with Crippen LogP contribution >= 0.6 is 0 Å². The van der Waals surface area contributed by atoms with E-state index in [2.05, 4.69) is 5.32 Å². The van der Waals surface area contributed by atoms with Crippen LogP contribution in [-0.2, 0) is 0 Å². The second-order valence-corrected chi connectivity index (χ2v) is 4.65. The molecule has 0 amide bonds. The Kier molecular flexibility index (Phi) is 3.71. The largest absolute Gasteiger partial charge is 0.392 e. The van der Waals surface area contributed by atoms with E-state index in [1.807, 2.05) is 0 Å². The molecule has 13 heavy (non-hydrogen) atoms. The number of aliphatic hydroxyl groups is 2. The van der Waals surface area contributed by atoms with Gasteiger partial charge in [0.1, 0.15) is 0 Å². The maximum absolute atomic E-state index is 9.62. The van der Waals surface area contributed by atoms with E-state index in [0.29, 0.717) is 6.54 Å². The van der Waals surface area contributed by atoms with Crippen LogP contribution in [-0.4, -0.2) is 34.5 Å². The summed E-state index contributed by atoms with van der Waals surface area (Å²) >= 11 is 0. The monoisotopic (exact) mass is 187 g/mol. The smallest absolute Gasteiger partial charge is 0.0715 e. The van der Waals surface area contributed by atoms with Gasteiger partial charge in [-0.2, -0.15) is 0 Å². The molecule has 1 aliphatic carbocycles. The van der Waals surface area contributed by atoms with Crippen molar-refractivity contribution in [2.24, 2.45) is 0 Å². The van der Waals surface area contributed by atoms with Crippen molar-refractivity contribution in [3.63, 3.8) is 0 Å². The molecule has 1 saturated carbocycles. The van der Waals surface area contributed by atoms with Gasteiger partial charge in [-0.05, 0) is 26.7 Å². The number of aliphatic hydroxyl groups excluding tert-OH is 1. The van der Waals surface area contributed by atoms with E-state index < -0.39 is 5.60 Å². The minimum Gasteiger partial charge on any atom is -0.392 e. The molecule has 0 spiro atoms. The Balaban J connectivity index is 2.27. The lowest BCUT2D eigenvalue weighted by Crippen LogP contribution is -2.47. The van der Waals surface area contributed by atoms with E-state index in [0.717, 1.165) is 19.3 Å². The molecule has 1 fully saturated rings. The molecule has 0 unspecified atom stereocenters. The van der Waals surface area contributed by atoms with Gasteiger partial charge in [-0.3, -0.25) is 0 Å². The van der Waals surface area contributed by atoms with E-state index in [1.54, 1.807) is 13.8 Å². The number of hydrogen-bond acceptors (Lipinski definition) is 3. The highest BCUT2D eigenvalue weighted by molar-refractivity contribution is 4.82. The normalized spacial score (nSPS) is 30.5. The fourth-order valence-corrected chi connectivity index (χ4v) is 1.73. The maximum Gasteiger partial charge on any atom is 0.0715 e. The molecule has 0 aliphatic heterocycles. The molecule has 0 aromatic heterocycles. The quantitative estimate of drug-likeness (QED) is 0.608. The summed E-state index contributed by atoms with van der Waals surface area (Å²) in [6, 6.07) is 0.181. The third kappa shape index (κ3) is 4.07. The average molecular weight is 187 g/mol. The van der Waals surface area contributed by atoms with Crippen LogP contribution in [0.5, 0.6) is 0 Å². The fourth-order valence-electron chi connectivity index (χ4n) is 1.73. The van der Waals surface area contributed by atoms with Gasteiger partial charge in [0.2, 0.25) is 0 Å². The first-order chi connectivity index (χ1) is 5.99.